The fourth-order valence-electron chi connectivity index (χ4n) is 1.65. The number of nitrogens with two attached hydrogens (primary N) is 1. The fourth-order valence-corrected chi connectivity index (χ4v) is 1.98. The Bertz CT molecular complexity index is 465. The van der Waals surface area contributed by atoms with Crippen molar-refractivity contribution in [3.63, 3.8) is 0 Å². The van der Waals surface area contributed by atoms with Crippen LogP contribution in [0.4, 0.5) is 13.2 Å². The van der Waals surface area contributed by atoms with Crippen molar-refractivity contribution >= 4 is 17.4 Å². The van der Waals surface area contributed by atoms with Gasteiger partial charge in [-0.25, -0.2) is 0 Å². The van der Waals surface area contributed by atoms with Gasteiger partial charge in [-0.05, 0) is 37.1 Å². The van der Waals surface area contributed by atoms with Crippen molar-refractivity contribution < 1.29 is 17.9 Å². The van der Waals surface area contributed by atoms with Crippen LogP contribution in [0.3, 0.4) is 0 Å². The molecular formula is C12H14ClF3N2O. The molecule has 0 aliphatic carbocycles. The molecule has 7 heteroatoms. The van der Waals surface area contributed by atoms with Crippen molar-refractivity contribution in [1.82, 2.24) is 0 Å². The molecule has 0 heterocycles. The van der Waals surface area contributed by atoms with Crippen molar-refractivity contribution in [3.8, 4) is 5.75 Å². The summed E-state index contributed by atoms with van der Waals surface area (Å²) in [6.07, 6.45) is -4.60. The number of hydrogen-bond donors (Lipinski definition) is 2. The van der Waals surface area contributed by atoms with Crippen LogP contribution in [-0.2, 0) is 0 Å². The summed E-state index contributed by atoms with van der Waals surface area (Å²) in [6.45, 7) is 2.65. The third-order valence-electron chi connectivity index (χ3n) is 2.59. The van der Waals surface area contributed by atoms with Gasteiger partial charge in [0, 0.05) is 5.02 Å². The van der Waals surface area contributed by atoms with Gasteiger partial charge in [0.1, 0.15) is 24.1 Å². The van der Waals surface area contributed by atoms with Gasteiger partial charge in [0.2, 0.25) is 0 Å². The molecule has 1 unspecified atom stereocenters. The van der Waals surface area contributed by atoms with E-state index in [1.807, 2.05) is 0 Å². The topological polar surface area (TPSA) is 59.1 Å². The first kappa shape index (κ1) is 15.6. The highest BCUT2D eigenvalue weighted by molar-refractivity contribution is 6.30. The van der Waals surface area contributed by atoms with Crippen molar-refractivity contribution in [2.75, 3.05) is 6.61 Å². The van der Waals surface area contributed by atoms with Crippen LogP contribution in [0.15, 0.2) is 12.1 Å². The molecule has 0 aromatic heterocycles. The smallest absolute Gasteiger partial charge is 0.401 e. The Labute approximate surface area is 114 Å². The average molecular weight is 295 g/mol. The molecule has 0 saturated heterocycles. The molecule has 1 aromatic carbocycles. The van der Waals surface area contributed by atoms with E-state index in [9.17, 15) is 13.2 Å². The second kappa shape index (κ2) is 5.69. The van der Waals surface area contributed by atoms with E-state index in [2.05, 4.69) is 0 Å². The van der Waals surface area contributed by atoms with Gasteiger partial charge in [-0.2, -0.15) is 13.2 Å². The Morgan fingerprint density at radius 3 is 2.21 bits per heavy atom. The number of alkyl halides is 3. The first-order valence-corrected chi connectivity index (χ1v) is 5.81. The van der Waals surface area contributed by atoms with Crippen LogP contribution < -0.4 is 10.5 Å². The monoisotopic (exact) mass is 294 g/mol. The Morgan fingerprint density at radius 1 is 1.37 bits per heavy atom. The molecule has 1 rings (SSSR count). The van der Waals surface area contributed by atoms with E-state index in [-0.39, 0.29) is 0 Å². The molecule has 0 saturated carbocycles. The SMILES string of the molecule is Cc1cc(Cl)cc(C)c1OCC(C(=N)N)C(F)(F)F. The number of nitrogens with one attached hydrogen (secondary N) is 1. The average Bonchev–Trinajstić information content (AvgIpc) is 2.18. The third-order valence-corrected chi connectivity index (χ3v) is 2.81. The normalized spacial score (nSPS) is 13.2. The number of rotatable bonds is 4. The van der Waals surface area contributed by atoms with Crippen LogP contribution in [0.1, 0.15) is 11.1 Å². The van der Waals surface area contributed by atoms with Gasteiger partial charge in [0.05, 0.1) is 0 Å². The summed E-state index contributed by atoms with van der Waals surface area (Å²) >= 11 is 5.82. The molecule has 0 aliphatic heterocycles. The van der Waals surface area contributed by atoms with E-state index >= 15 is 0 Å². The van der Waals surface area contributed by atoms with Gasteiger partial charge in [0.25, 0.3) is 0 Å². The lowest BCUT2D eigenvalue weighted by atomic mass is 10.1. The predicted octanol–water partition coefficient (Wildman–Crippen LogP) is 3.45. The predicted molar refractivity (Wildman–Crippen MR) is 67.9 cm³/mol. The Kier molecular flexibility index (Phi) is 4.68. The zero-order chi connectivity index (χ0) is 14.8. The van der Waals surface area contributed by atoms with E-state index in [1.165, 1.54) is 0 Å². The molecule has 3 N–H and O–H groups in total. The largest absolute Gasteiger partial charge is 0.492 e. The summed E-state index contributed by atoms with van der Waals surface area (Å²) in [7, 11) is 0. The highest BCUT2D eigenvalue weighted by Crippen LogP contribution is 2.30. The second-order valence-corrected chi connectivity index (χ2v) is 4.67. The van der Waals surface area contributed by atoms with E-state index in [1.54, 1.807) is 26.0 Å². The molecule has 0 bridgehead atoms. The molecule has 0 aliphatic rings. The molecule has 3 nitrogen and oxygen atoms in total. The van der Waals surface area contributed by atoms with Crippen LogP contribution in [-0.4, -0.2) is 18.6 Å². The van der Waals surface area contributed by atoms with E-state index in [0.717, 1.165) is 0 Å². The lowest BCUT2D eigenvalue weighted by Gasteiger charge is -2.21. The van der Waals surface area contributed by atoms with E-state index < -0.39 is 24.5 Å². The highest BCUT2D eigenvalue weighted by atomic mass is 35.5. The molecule has 106 valence electrons. The summed E-state index contributed by atoms with van der Waals surface area (Å²) in [5.74, 6) is -2.74. The zero-order valence-corrected chi connectivity index (χ0v) is 11.2. The molecule has 0 radical (unpaired) electrons. The number of amidine groups is 1. The Balaban J connectivity index is 2.90. The van der Waals surface area contributed by atoms with E-state index in [0.29, 0.717) is 21.9 Å². The summed E-state index contributed by atoms with van der Waals surface area (Å²) in [4.78, 5) is 0. The molecule has 0 spiro atoms. The van der Waals surface area contributed by atoms with Crippen molar-refractivity contribution in [2.24, 2.45) is 11.7 Å². The van der Waals surface area contributed by atoms with Crippen molar-refractivity contribution in [2.45, 2.75) is 20.0 Å². The van der Waals surface area contributed by atoms with Gasteiger partial charge in [-0.15, -0.1) is 0 Å². The van der Waals surface area contributed by atoms with Gasteiger partial charge in [-0.1, -0.05) is 11.6 Å². The van der Waals surface area contributed by atoms with Crippen molar-refractivity contribution in [3.05, 3.63) is 28.3 Å². The van der Waals surface area contributed by atoms with Gasteiger partial charge in [0.15, 0.2) is 0 Å². The second-order valence-electron chi connectivity index (χ2n) is 4.23. The minimum atomic E-state index is -4.60. The lowest BCUT2D eigenvalue weighted by Crippen LogP contribution is -2.39. The standard InChI is InChI=1S/C12H14ClF3N2O/c1-6-3-8(13)4-7(2)10(6)19-5-9(11(17)18)12(14,15)16/h3-4,9H,5H2,1-2H3,(H3,17,18). The highest BCUT2D eigenvalue weighted by Gasteiger charge is 2.42. The summed E-state index contributed by atoms with van der Waals surface area (Å²) in [5, 5.41) is 7.46. The molecule has 0 amide bonds. The number of halogens is 4. The minimum Gasteiger partial charge on any atom is -0.492 e. The van der Waals surface area contributed by atoms with Gasteiger partial charge >= 0.3 is 6.18 Å². The lowest BCUT2D eigenvalue weighted by molar-refractivity contribution is -0.162. The quantitative estimate of drug-likeness (QED) is 0.660. The third kappa shape index (κ3) is 4.02. The summed E-state index contributed by atoms with van der Waals surface area (Å²) in [6, 6.07) is 3.19. The maximum absolute atomic E-state index is 12.6. The van der Waals surface area contributed by atoms with Crippen LogP contribution in [0.25, 0.3) is 0 Å². The maximum Gasteiger partial charge on any atom is 0.401 e. The zero-order valence-electron chi connectivity index (χ0n) is 10.4. The van der Waals surface area contributed by atoms with Crippen LogP contribution in [0.5, 0.6) is 5.75 Å². The first-order chi connectivity index (χ1) is 8.62. The van der Waals surface area contributed by atoms with Crippen LogP contribution in [0, 0.1) is 25.2 Å². The van der Waals surface area contributed by atoms with Crippen LogP contribution >= 0.6 is 11.6 Å². The Hall–Kier alpha value is -1.43. The van der Waals surface area contributed by atoms with E-state index in [4.69, 9.17) is 27.5 Å². The van der Waals surface area contributed by atoms with Gasteiger partial charge in [-0.3, -0.25) is 5.41 Å². The fraction of sp³-hybridized carbons (Fsp3) is 0.417. The molecule has 1 aromatic rings. The maximum atomic E-state index is 12.6. The first-order valence-electron chi connectivity index (χ1n) is 5.43. The number of benzene rings is 1. The molecular weight excluding hydrogens is 281 g/mol. The summed E-state index contributed by atoms with van der Waals surface area (Å²) < 4.78 is 43.0. The van der Waals surface area contributed by atoms with Crippen LogP contribution in [0.2, 0.25) is 5.02 Å². The molecule has 1 atom stereocenters. The molecule has 0 fully saturated rings. The Morgan fingerprint density at radius 2 is 1.84 bits per heavy atom. The minimum absolute atomic E-state index is 0.333. The summed E-state index contributed by atoms with van der Waals surface area (Å²) in [5.41, 5.74) is 6.22. The number of aryl methyl sites for hydroxylation is 2. The molecule has 19 heavy (non-hydrogen) atoms. The van der Waals surface area contributed by atoms with Crippen molar-refractivity contribution in [1.29, 1.82) is 5.41 Å². The van der Waals surface area contributed by atoms with Gasteiger partial charge < -0.3 is 10.5 Å². The number of ether oxygens (including phenoxy) is 1. The number of hydrogen-bond acceptors (Lipinski definition) is 2.